The lowest BCUT2D eigenvalue weighted by Crippen LogP contribution is -2.30. The molecular formula is C17H17BrFNO2S. The number of nitrogens with zero attached hydrogens (tertiary/aromatic N) is 1. The molecule has 0 radical (unpaired) electrons. The molecule has 0 N–H and O–H groups in total. The summed E-state index contributed by atoms with van der Waals surface area (Å²) in [4.78, 5) is 24.4. The van der Waals surface area contributed by atoms with Crippen LogP contribution in [-0.4, -0.2) is 10.4 Å². The first-order chi connectivity index (χ1) is 10.6. The van der Waals surface area contributed by atoms with Gasteiger partial charge in [0.05, 0.1) is 9.01 Å². The van der Waals surface area contributed by atoms with E-state index in [1.54, 1.807) is 25.3 Å². The summed E-state index contributed by atoms with van der Waals surface area (Å²) in [5.41, 5.74) is 0.0421. The average molecular weight is 398 g/mol. The normalized spacial score (nSPS) is 13.7. The van der Waals surface area contributed by atoms with E-state index in [0.717, 1.165) is 0 Å². The highest BCUT2D eigenvalue weighted by atomic mass is 79.9. The Morgan fingerprint density at radius 1 is 1.35 bits per heavy atom. The van der Waals surface area contributed by atoms with Crippen molar-refractivity contribution in [3.63, 3.8) is 0 Å². The topological polar surface area (TPSA) is 39.1 Å². The van der Waals surface area contributed by atoms with Crippen LogP contribution in [-0.2, 0) is 11.8 Å². The summed E-state index contributed by atoms with van der Waals surface area (Å²) in [6.45, 7) is 5.50. The first kappa shape index (κ1) is 17.8. The van der Waals surface area contributed by atoms with Gasteiger partial charge in [-0.1, -0.05) is 26.8 Å². The Labute approximate surface area is 145 Å². The van der Waals surface area contributed by atoms with E-state index in [2.05, 4.69) is 15.9 Å². The Balaban J connectivity index is 2.59. The molecule has 6 heteroatoms. The van der Waals surface area contributed by atoms with Crippen molar-refractivity contribution in [2.24, 2.45) is 12.5 Å². The van der Waals surface area contributed by atoms with Crippen molar-refractivity contribution in [3.8, 4) is 0 Å². The van der Waals surface area contributed by atoms with E-state index >= 15 is 0 Å². The maximum absolute atomic E-state index is 13.3. The zero-order valence-corrected chi connectivity index (χ0v) is 15.7. The summed E-state index contributed by atoms with van der Waals surface area (Å²) in [7, 11) is 1.64. The number of carbonyl (C=O) groups is 1. The van der Waals surface area contributed by atoms with Crippen molar-refractivity contribution in [2.75, 3.05) is 0 Å². The molecular weight excluding hydrogens is 381 g/mol. The van der Waals surface area contributed by atoms with Gasteiger partial charge in [-0.15, -0.1) is 11.3 Å². The number of halogens is 2. The second kappa shape index (κ2) is 6.53. The van der Waals surface area contributed by atoms with Crippen LogP contribution < -0.4 is 14.8 Å². The van der Waals surface area contributed by atoms with Crippen LogP contribution in [0.4, 0.5) is 4.39 Å². The van der Waals surface area contributed by atoms with E-state index in [1.165, 1.54) is 28.0 Å². The van der Waals surface area contributed by atoms with Crippen LogP contribution in [0.2, 0.25) is 0 Å². The third-order valence-electron chi connectivity index (χ3n) is 3.30. The highest BCUT2D eigenvalue weighted by molar-refractivity contribution is 9.10. The van der Waals surface area contributed by atoms with E-state index in [1.807, 2.05) is 20.8 Å². The first-order valence-electron chi connectivity index (χ1n) is 6.98. The highest BCUT2D eigenvalue weighted by Crippen LogP contribution is 2.17. The van der Waals surface area contributed by atoms with Crippen molar-refractivity contribution in [1.82, 2.24) is 4.57 Å². The number of thiazole rings is 1. The lowest BCUT2D eigenvalue weighted by atomic mass is 9.91. The fraction of sp³-hybridized carbons (Fsp3) is 0.294. The predicted octanol–water partition coefficient (Wildman–Crippen LogP) is 2.57. The number of aromatic nitrogens is 1. The third kappa shape index (κ3) is 4.06. The molecule has 0 aliphatic rings. The van der Waals surface area contributed by atoms with Gasteiger partial charge >= 0.3 is 0 Å². The van der Waals surface area contributed by atoms with Crippen molar-refractivity contribution < 1.29 is 9.18 Å². The first-order valence-corrected chi connectivity index (χ1v) is 8.59. The van der Waals surface area contributed by atoms with Gasteiger partial charge in [-0.2, -0.15) is 0 Å². The van der Waals surface area contributed by atoms with Gasteiger partial charge in [-0.25, -0.2) is 4.39 Å². The molecule has 1 heterocycles. The fourth-order valence-corrected chi connectivity index (χ4v) is 3.22. The molecule has 3 nitrogen and oxygen atoms in total. The zero-order valence-electron chi connectivity index (χ0n) is 13.3. The maximum atomic E-state index is 13.3. The van der Waals surface area contributed by atoms with Gasteiger partial charge in [0.15, 0.2) is 5.78 Å². The fourth-order valence-electron chi connectivity index (χ4n) is 1.79. The minimum atomic E-state index is -0.494. The molecule has 23 heavy (non-hydrogen) atoms. The molecule has 1 aromatic heterocycles. The standard InChI is InChI=1S/C17H17BrFNO2S/c1-17(2,3)14(21)9-15-20(4)16(22)13(23-15)8-10-5-6-12(19)11(18)7-10/h5-9H,1-4H3/b13-8+,15-9-. The smallest absolute Gasteiger partial charge is 0.268 e. The van der Waals surface area contributed by atoms with E-state index in [0.29, 0.717) is 19.2 Å². The highest BCUT2D eigenvalue weighted by Gasteiger charge is 2.19. The number of rotatable bonds is 2. The van der Waals surface area contributed by atoms with Crippen molar-refractivity contribution in [2.45, 2.75) is 20.8 Å². The van der Waals surface area contributed by atoms with Gasteiger partial charge in [0.1, 0.15) is 10.5 Å². The van der Waals surface area contributed by atoms with Gasteiger partial charge in [-0.3, -0.25) is 9.59 Å². The molecule has 1 aromatic carbocycles. The molecule has 0 atom stereocenters. The van der Waals surface area contributed by atoms with Crippen molar-refractivity contribution >= 4 is 45.2 Å². The largest absolute Gasteiger partial charge is 0.302 e. The molecule has 2 rings (SSSR count). The van der Waals surface area contributed by atoms with Crippen LogP contribution in [0.3, 0.4) is 0 Å². The Morgan fingerprint density at radius 3 is 2.57 bits per heavy atom. The Bertz CT molecular complexity index is 935. The molecule has 122 valence electrons. The number of hydrogen-bond acceptors (Lipinski definition) is 3. The van der Waals surface area contributed by atoms with E-state index < -0.39 is 5.41 Å². The Hall–Kier alpha value is -1.53. The number of benzene rings is 1. The van der Waals surface area contributed by atoms with E-state index in [9.17, 15) is 14.0 Å². The molecule has 0 spiro atoms. The molecule has 0 aliphatic heterocycles. The monoisotopic (exact) mass is 397 g/mol. The second-order valence-electron chi connectivity index (χ2n) is 6.25. The van der Waals surface area contributed by atoms with E-state index in [4.69, 9.17) is 0 Å². The Morgan fingerprint density at radius 2 is 2.00 bits per heavy atom. The van der Waals surface area contributed by atoms with Crippen LogP contribution in [0, 0.1) is 11.2 Å². The molecule has 0 amide bonds. The molecule has 0 fully saturated rings. The molecule has 0 unspecified atom stereocenters. The van der Waals surface area contributed by atoms with E-state index in [-0.39, 0.29) is 17.2 Å². The van der Waals surface area contributed by atoms with Crippen molar-refractivity contribution in [1.29, 1.82) is 0 Å². The Kier molecular flexibility index (Phi) is 5.06. The molecule has 2 aromatic rings. The van der Waals surface area contributed by atoms with Crippen molar-refractivity contribution in [3.05, 3.63) is 53.6 Å². The molecule has 0 aliphatic carbocycles. The zero-order chi connectivity index (χ0) is 17.4. The SMILES string of the molecule is Cn1c(=O)/c(=C\c2ccc(F)c(Br)c2)s/c1=C\C(=O)C(C)(C)C. The minimum Gasteiger partial charge on any atom is -0.302 e. The molecule has 0 bridgehead atoms. The van der Waals surface area contributed by atoms with Gasteiger partial charge in [0.25, 0.3) is 5.56 Å². The van der Waals surface area contributed by atoms with Gasteiger partial charge < -0.3 is 4.57 Å². The lowest BCUT2D eigenvalue weighted by molar-refractivity contribution is -0.120. The van der Waals surface area contributed by atoms with Crippen LogP contribution in [0.5, 0.6) is 0 Å². The summed E-state index contributed by atoms with van der Waals surface area (Å²) < 4.78 is 16.2. The summed E-state index contributed by atoms with van der Waals surface area (Å²) in [6, 6.07) is 4.55. The number of hydrogen-bond donors (Lipinski definition) is 0. The van der Waals surface area contributed by atoms with Crippen LogP contribution >= 0.6 is 27.3 Å². The number of carbonyl (C=O) groups excluding carboxylic acids is 1. The molecule has 0 saturated carbocycles. The van der Waals surface area contributed by atoms with Gasteiger partial charge in [0, 0.05) is 18.5 Å². The summed E-state index contributed by atoms with van der Waals surface area (Å²) in [5, 5.41) is 0. The molecule has 0 saturated heterocycles. The average Bonchev–Trinajstić information content (AvgIpc) is 2.70. The lowest BCUT2D eigenvalue weighted by Gasteiger charge is -2.12. The third-order valence-corrected chi connectivity index (χ3v) is 5.02. The maximum Gasteiger partial charge on any atom is 0.268 e. The summed E-state index contributed by atoms with van der Waals surface area (Å²) in [6.07, 6.45) is 3.19. The number of ketones is 1. The second-order valence-corrected chi connectivity index (χ2v) is 8.16. The number of Topliss-reactive ketones (excluding diaryl/α,β-unsaturated/α-hetero) is 1. The summed E-state index contributed by atoms with van der Waals surface area (Å²) in [5.74, 6) is -0.392. The quantitative estimate of drug-likeness (QED) is 0.780. The van der Waals surface area contributed by atoms with Gasteiger partial charge in [0.2, 0.25) is 0 Å². The van der Waals surface area contributed by atoms with Crippen LogP contribution in [0.15, 0.2) is 27.5 Å². The van der Waals surface area contributed by atoms with Crippen LogP contribution in [0.1, 0.15) is 26.3 Å². The summed E-state index contributed by atoms with van der Waals surface area (Å²) >= 11 is 4.37. The van der Waals surface area contributed by atoms with Crippen LogP contribution in [0.25, 0.3) is 12.2 Å². The van der Waals surface area contributed by atoms with Gasteiger partial charge in [-0.05, 0) is 39.7 Å². The minimum absolute atomic E-state index is 0.0366. The predicted molar refractivity (Wildman–Crippen MR) is 95.4 cm³/mol.